The van der Waals surface area contributed by atoms with Crippen molar-refractivity contribution in [3.05, 3.63) is 68.3 Å². The number of phenolic OH excluding ortho intramolecular Hbond substituents is 1. The number of hydrogen-bond donors (Lipinski definition) is 2. The number of phenols is 1. The fourth-order valence-electron chi connectivity index (χ4n) is 5.07. The van der Waals surface area contributed by atoms with Gasteiger partial charge in [0.15, 0.2) is 21.3 Å². The van der Waals surface area contributed by atoms with E-state index in [4.69, 9.17) is 14.1 Å². The third-order valence-electron chi connectivity index (χ3n) is 6.74. The van der Waals surface area contributed by atoms with Gasteiger partial charge in [-0.15, -0.1) is 0 Å². The highest BCUT2D eigenvalue weighted by Crippen LogP contribution is 2.40. The monoisotopic (exact) mass is 638 g/mol. The Morgan fingerprint density at radius 1 is 1.24 bits per heavy atom. The molecule has 0 spiro atoms. The number of para-hydroxylation sites is 1. The lowest BCUT2D eigenvalue weighted by atomic mass is 9.74. The Morgan fingerprint density at radius 3 is 2.70 bits per heavy atom. The van der Waals surface area contributed by atoms with E-state index in [2.05, 4.69) is 35.6 Å². The number of allylic oxidation sites excluding steroid dienone is 1. The Labute approximate surface area is 232 Å². The van der Waals surface area contributed by atoms with Crippen molar-refractivity contribution in [3.63, 3.8) is 0 Å². The molecule has 7 nitrogen and oxygen atoms in total. The Morgan fingerprint density at radius 2 is 2.00 bits per heavy atom. The number of hydrogen-bond acceptors (Lipinski definition) is 7. The zero-order chi connectivity index (χ0) is 26.6. The summed E-state index contributed by atoms with van der Waals surface area (Å²) in [6, 6.07) is 13.0. The average Bonchev–Trinajstić information content (AvgIpc) is 3.13. The van der Waals surface area contributed by atoms with Crippen LogP contribution in [-0.2, 0) is 14.5 Å². The quantitative estimate of drug-likeness (QED) is 0.214. The van der Waals surface area contributed by atoms with Crippen LogP contribution in [-0.4, -0.2) is 56.5 Å². The number of fused-ring (bicyclic) bond motifs is 1. The molecule has 4 rings (SSSR count). The van der Waals surface area contributed by atoms with Gasteiger partial charge >= 0.3 is 7.12 Å². The van der Waals surface area contributed by atoms with Gasteiger partial charge in [0.1, 0.15) is 12.4 Å². The Bertz CT molecular complexity index is 1280. The average molecular weight is 638 g/mol. The second-order valence-electron chi connectivity index (χ2n) is 9.42. The van der Waals surface area contributed by atoms with Crippen LogP contribution in [0.2, 0.25) is 6.32 Å². The van der Waals surface area contributed by atoms with Crippen LogP contribution in [0, 0.1) is 3.57 Å². The van der Waals surface area contributed by atoms with Gasteiger partial charge in [0, 0.05) is 6.32 Å². The number of benzene rings is 2. The smallest absolute Gasteiger partial charge is 0.456 e. The third kappa shape index (κ3) is 6.71. The van der Waals surface area contributed by atoms with E-state index < -0.39 is 28.3 Å². The molecule has 2 aliphatic heterocycles. The molecule has 0 bridgehead atoms. The summed E-state index contributed by atoms with van der Waals surface area (Å²) in [4.78, 5) is 0. The standard InChI is InChI=1S/C27H32BIO7S/c1-3-7-18(12-19-13-22(29)27(30)24(14-19)34-2)10-11-23-26-20(16-35-21-8-5-4-6-9-21)17-37(32,33)25(26)15-28(31)36-23/h4-6,8-9,12-14,23,25,30-31H,3,7,10-11,15-17H2,1-2H3/b18-12+/t23-,25+/m1/s1. The molecule has 1 fully saturated rings. The van der Waals surface area contributed by atoms with Gasteiger partial charge in [-0.3, -0.25) is 0 Å². The molecule has 0 unspecified atom stereocenters. The van der Waals surface area contributed by atoms with Gasteiger partial charge < -0.3 is 24.3 Å². The summed E-state index contributed by atoms with van der Waals surface area (Å²) < 4.78 is 43.8. The summed E-state index contributed by atoms with van der Waals surface area (Å²) in [5, 5.41) is 19.8. The molecule has 0 aromatic heterocycles. The molecule has 2 aliphatic rings. The van der Waals surface area contributed by atoms with E-state index in [1.54, 1.807) is 6.07 Å². The van der Waals surface area contributed by atoms with Crippen molar-refractivity contribution in [3.8, 4) is 17.2 Å². The maximum atomic E-state index is 13.0. The second-order valence-corrected chi connectivity index (χ2v) is 12.8. The summed E-state index contributed by atoms with van der Waals surface area (Å²) in [6.07, 6.45) is 4.66. The van der Waals surface area contributed by atoms with Crippen molar-refractivity contribution in [1.82, 2.24) is 0 Å². The molecule has 10 heteroatoms. The molecule has 0 saturated carbocycles. The largest absolute Gasteiger partial charge is 0.504 e. The van der Waals surface area contributed by atoms with Crippen molar-refractivity contribution in [1.29, 1.82) is 0 Å². The number of sulfone groups is 1. The molecule has 198 valence electrons. The summed E-state index contributed by atoms with van der Waals surface area (Å²) in [6.45, 7) is 2.28. The molecule has 2 atom stereocenters. The fraction of sp³-hybridized carbons (Fsp3) is 0.407. The van der Waals surface area contributed by atoms with Crippen LogP contribution in [0.1, 0.15) is 38.2 Å². The summed E-state index contributed by atoms with van der Waals surface area (Å²) in [7, 11) is -3.02. The van der Waals surface area contributed by atoms with Crippen molar-refractivity contribution < 1.29 is 32.7 Å². The SMILES string of the molecule is CCC/C(=C\c1cc(I)c(O)c(OC)c1)CC[C@H]1OB(O)C[C@H]2C1=C(COc1ccccc1)CS2(=O)=O. The number of halogens is 1. The second kappa shape index (κ2) is 12.2. The topological polar surface area (TPSA) is 102 Å². The zero-order valence-corrected chi connectivity index (χ0v) is 24.0. The Balaban J connectivity index is 1.57. The molecule has 1 saturated heterocycles. The van der Waals surface area contributed by atoms with Crippen LogP contribution in [0.3, 0.4) is 0 Å². The van der Waals surface area contributed by atoms with E-state index in [1.807, 2.05) is 36.4 Å². The predicted molar refractivity (Wildman–Crippen MR) is 154 cm³/mol. The first-order valence-corrected chi connectivity index (χ1v) is 15.2. The minimum Gasteiger partial charge on any atom is -0.504 e. The highest BCUT2D eigenvalue weighted by Gasteiger charge is 2.48. The number of rotatable bonds is 10. The Kier molecular flexibility index (Phi) is 9.26. The van der Waals surface area contributed by atoms with E-state index in [-0.39, 0.29) is 24.4 Å². The van der Waals surface area contributed by atoms with Crippen LogP contribution < -0.4 is 9.47 Å². The van der Waals surface area contributed by atoms with E-state index >= 15 is 0 Å². The minimum atomic E-state index is -3.43. The van der Waals surface area contributed by atoms with Crippen molar-refractivity contribution in [2.75, 3.05) is 19.5 Å². The van der Waals surface area contributed by atoms with Gasteiger partial charge in [-0.25, -0.2) is 8.42 Å². The molecule has 0 radical (unpaired) electrons. The third-order valence-corrected chi connectivity index (χ3v) is 9.63. The van der Waals surface area contributed by atoms with Crippen LogP contribution >= 0.6 is 22.6 Å². The molecule has 0 amide bonds. The van der Waals surface area contributed by atoms with E-state index in [1.165, 1.54) is 12.7 Å². The maximum Gasteiger partial charge on any atom is 0.456 e. The molecule has 2 N–H and O–H groups in total. The first-order chi connectivity index (χ1) is 17.7. The van der Waals surface area contributed by atoms with E-state index in [0.29, 0.717) is 27.9 Å². The molecule has 37 heavy (non-hydrogen) atoms. The summed E-state index contributed by atoms with van der Waals surface area (Å²) in [5.74, 6) is 1.14. The Hall–Kier alpha value is -2.02. The summed E-state index contributed by atoms with van der Waals surface area (Å²) >= 11 is 2.08. The van der Waals surface area contributed by atoms with Crippen LogP contribution in [0.25, 0.3) is 6.08 Å². The van der Waals surface area contributed by atoms with Crippen molar-refractivity contribution >= 4 is 45.6 Å². The van der Waals surface area contributed by atoms with Crippen LogP contribution in [0.15, 0.2) is 59.2 Å². The predicted octanol–water partition coefficient (Wildman–Crippen LogP) is 5.02. The van der Waals surface area contributed by atoms with E-state index in [9.17, 15) is 18.5 Å². The lowest BCUT2D eigenvalue weighted by Crippen LogP contribution is -2.42. The summed E-state index contributed by atoms with van der Waals surface area (Å²) in [5.41, 5.74) is 3.57. The number of methoxy groups -OCH3 is 1. The van der Waals surface area contributed by atoms with Crippen molar-refractivity contribution in [2.45, 2.75) is 50.3 Å². The van der Waals surface area contributed by atoms with Gasteiger partial charge in [0.25, 0.3) is 0 Å². The lowest BCUT2D eigenvalue weighted by Gasteiger charge is -2.32. The van der Waals surface area contributed by atoms with E-state index in [0.717, 1.165) is 29.6 Å². The van der Waals surface area contributed by atoms with Gasteiger partial charge in [0.2, 0.25) is 0 Å². The number of aromatic hydroxyl groups is 1. The van der Waals surface area contributed by atoms with Crippen molar-refractivity contribution in [2.24, 2.45) is 0 Å². The van der Waals surface area contributed by atoms with Crippen LogP contribution in [0.5, 0.6) is 17.2 Å². The molecular weight excluding hydrogens is 606 g/mol. The molecule has 2 heterocycles. The normalized spacial score (nSPS) is 21.2. The molecular formula is C27H32BIO7S. The first kappa shape index (κ1) is 28.0. The van der Waals surface area contributed by atoms with Crippen LogP contribution in [0.4, 0.5) is 0 Å². The zero-order valence-electron chi connectivity index (χ0n) is 21.0. The first-order valence-electron chi connectivity index (χ1n) is 12.4. The minimum absolute atomic E-state index is 0.0480. The highest BCUT2D eigenvalue weighted by molar-refractivity contribution is 14.1. The van der Waals surface area contributed by atoms with Gasteiger partial charge in [-0.1, -0.05) is 43.2 Å². The van der Waals surface area contributed by atoms with Gasteiger partial charge in [0.05, 0.1) is 27.8 Å². The molecule has 0 aliphatic carbocycles. The van der Waals surface area contributed by atoms with Gasteiger partial charge in [-0.05, 0) is 82.8 Å². The van der Waals surface area contributed by atoms with Gasteiger partial charge in [-0.2, -0.15) is 0 Å². The molecule has 2 aromatic rings. The fourth-order valence-corrected chi connectivity index (χ4v) is 7.79. The highest BCUT2D eigenvalue weighted by atomic mass is 127. The lowest BCUT2D eigenvalue weighted by molar-refractivity contribution is 0.168. The molecule has 2 aromatic carbocycles. The number of ether oxygens (including phenoxy) is 2. The maximum absolute atomic E-state index is 13.0.